The molecule has 7 heteroatoms. The Kier molecular flexibility index (Phi) is 6.03. The number of piperidine rings is 2. The third-order valence-electron chi connectivity index (χ3n) is 8.26. The van der Waals surface area contributed by atoms with Crippen LogP contribution < -0.4 is 5.32 Å². The molecule has 0 saturated carbocycles. The van der Waals surface area contributed by atoms with Crippen LogP contribution in [0.15, 0.2) is 42.7 Å². The SMILES string of the molecule is CN1CCC(c2cn(C)c3nc(Nc4ccc5c(C6CCN(C)CC6)cn(S)c5c4)ccc23)CC1. The molecule has 2 aliphatic rings. The molecule has 1 aromatic carbocycles. The van der Waals surface area contributed by atoms with Gasteiger partial charge >= 0.3 is 0 Å². The highest BCUT2D eigenvalue weighted by Crippen LogP contribution is 2.37. The zero-order chi connectivity index (χ0) is 24.1. The number of fused-ring (bicyclic) bond motifs is 2. The van der Waals surface area contributed by atoms with Crippen LogP contribution in [0, 0.1) is 0 Å². The summed E-state index contributed by atoms with van der Waals surface area (Å²) in [5.74, 6) is 2.11. The van der Waals surface area contributed by atoms with Crippen LogP contribution in [0.1, 0.15) is 48.6 Å². The van der Waals surface area contributed by atoms with Crippen LogP contribution in [0.3, 0.4) is 0 Å². The van der Waals surface area contributed by atoms with Crippen molar-refractivity contribution in [3.63, 3.8) is 0 Å². The van der Waals surface area contributed by atoms with Crippen molar-refractivity contribution in [3.05, 3.63) is 53.9 Å². The van der Waals surface area contributed by atoms with E-state index in [4.69, 9.17) is 17.8 Å². The minimum Gasteiger partial charge on any atom is -0.340 e. The summed E-state index contributed by atoms with van der Waals surface area (Å²) in [6, 6.07) is 11.0. The van der Waals surface area contributed by atoms with Crippen LogP contribution in [0.5, 0.6) is 0 Å². The molecule has 2 saturated heterocycles. The second-order valence-electron chi connectivity index (χ2n) is 10.7. The summed E-state index contributed by atoms with van der Waals surface area (Å²) in [4.78, 5) is 9.85. The van der Waals surface area contributed by atoms with E-state index in [1.54, 1.807) is 0 Å². The molecule has 4 aromatic rings. The minimum atomic E-state index is 0.612. The average molecular weight is 489 g/mol. The van der Waals surface area contributed by atoms with E-state index in [9.17, 15) is 0 Å². The van der Waals surface area contributed by atoms with Gasteiger partial charge in [0, 0.05) is 35.9 Å². The van der Waals surface area contributed by atoms with Crippen molar-refractivity contribution < 1.29 is 0 Å². The highest BCUT2D eigenvalue weighted by molar-refractivity contribution is 7.78. The first-order valence-electron chi connectivity index (χ1n) is 12.9. The van der Waals surface area contributed by atoms with Crippen molar-refractivity contribution in [2.45, 2.75) is 37.5 Å². The molecular formula is C28H36N6S. The molecule has 0 spiro atoms. The summed E-state index contributed by atoms with van der Waals surface area (Å²) >= 11 is 4.76. The highest BCUT2D eigenvalue weighted by Gasteiger charge is 2.23. The van der Waals surface area contributed by atoms with Gasteiger partial charge in [0.2, 0.25) is 0 Å². The number of anilines is 2. The van der Waals surface area contributed by atoms with Gasteiger partial charge in [-0.05, 0) is 113 Å². The van der Waals surface area contributed by atoms with Gasteiger partial charge in [0.15, 0.2) is 0 Å². The third kappa shape index (κ3) is 4.34. The van der Waals surface area contributed by atoms with Crippen molar-refractivity contribution in [1.29, 1.82) is 0 Å². The normalized spacial score (nSPS) is 19.2. The quantitative estimate of drug-likeness (QED) is 0.368. The van der Waals surface area contributed by atoms with Crippen molar-refractivity contribution in [2.75, 3.05) is 45.6 Å². The Hall–Kier alpha value is -2.48. The molecule has 0 amide bonds. The lowest BCUT2D eigenvalue weighted by atomic mass is 9.89. The van der Waals surface area contributed by atoms with Crippen molar-refractivity contribution in [3.8, 4) is 0 Å². The van der Waals surface area contributed by atoms with E-state index in [1.165, 1.54) is 60.7 Å². The fourth-order valence-electron chi connectivity index (χ4n) is 6.10. The maximum atomic E-state index is 5.00. The monoisotopic (exact) mass is 488 g/mol. The first-order chi connectivity index (χ1) is 17.0. The number of rotatable bonds is 4. The predicted octanol–water partition coefficient (Wildman–Crippen LogP) is 5.58. The predicted molar refractivity (Wildman–Crippen MR) is 149 cm³/mol. The summed E-state index contributed by atoms with van der Waals surface area (Å²) in [6.45, 7) is 4.67. The maximum Gasteiger partial charge on any atom is 0.142 e. The van der Waals surface area contributed by atoms with E-state index < -0.39 is 0 Å². The average Bonchev–Trinajstić information content (AvgIpc) is 3.37. The van der Waals surface area contributed by atoms with Crippen molar-refractivity contribution in [1.82, 2.24) is 23.3 Å². The fourth-order valence-corrected chi connectivity index (χ4v) is 6.39. The van der Waals surface area contributed by atoms with Gasteiger partial charge in [0.05, 0.1) is 5.52 Å². The molecule has 2 aliphatic heterocycles. The second-order valence-corrected chi connectivity index (χ2v) is 11.1. The van der Waals surface area contributed by atoms with Crippen LogP contribution in [0.25, 0.3) is 21.9 Å². The summed E-state index contributed by atoms with van der Waals surface area (Å²) in [5, 5.41) is 6.15. The molecule has 5 heterocycles. The summed E-state index contributed by atoms with van der Waals surface area (Å²) in [6.07, 6.45) is 9.37. The maximum absolute atomic E-state index is 5.00. The lowest BCUT2D eigenvalue weighted by Gasteiger charge is -2.28. The number of benzene rings is 1. The van der Waals surface area contributed by atoms with Crippen LogP contribution in [0.4, 0.5) is 11.5 Å². The molecule has 184 valence electrons. The van der Waals surface area contributed by atoms with Gasteiger partial charge in [-0.15, -0.1) is 0 Å². The van der Waals surface area contributed by atoms with Gasteiger partial charge in [0.25, 0.3) is 0 Å². The Morgan fingerprint density at radius 1 is 0.800 bits per heavy atom. The summed E-state index contributed by atoms with van der Waals surface area (Å²) in [5.41, 5.74) is 6.12. The topological polar surface area (TPSA) is 41.3 Å². The van der Waals surface area contributed by atoms with E-state index in [-0.39, 0.29) is 0 Å². The van der Waals surface area contributed by atoms with Gasteiger partial charge in [0.1, 0.15) is 11.5 Å². The zero-order valence-electron chi connectivity index (χ0n) is 21.0. The highest BCUT2D eigenvalue weighted by atomic mass is 32.1. The lowest BCUT2D eigenvalue weighted by molar-refractivity contribution is 0.256. The standard InChI is InChI=1S/C28H36N6S/c1-31-12-8-19(9-13-31)24-17-33(3)28-23(24)6-7-27(30-28)29-21-4-5-22-25(18-34(35)26(22)16-21)20-10-14-32(2)15-11-20/h4-7,16-20,35H,8-15H2,1-3H3,(H,29,30). The molecule has 35 heavy (non-hydrogen) atoms. The van der Waals surface area contributed by atoms with Crippen LogP contribution in [-0.2, 0) is 7.05 Å². The number of aryl methyl sites for hydroxylation is 1. The molecule has 0 radical (unpaired) electrons. The number of hydrogen-bond donors (Lipinski definition) is 2. The summed E-state index contributed by atoms with van der Waals surface area (Å²) < 4.78 is 4.17. The molecule has 6 nitrogen and oxygen atoms in total. The van der Waals surface area contributed by atoms with E-state index in [0.29, 0.717) is 11.8 Å². The largest absolute Gasteiger partial charge is 0.340 e. The van der Waals surface area contributed by atoms with E-state index >= 15 is 0 Å². The number of hydrogen-bond acceptors (Lipinski definition) is 5. The molecule has 2 fully saturated rings. The fraction of sp³-hybridized carbons (Fsp3) is 0.464. The molecular weight excluding hydrogens is 452 g/mol. The number of thiol groups is 1. The van der Waals surface area contributed by atoms with E-state index in [1.807, 2.05) is 3.97 Å². The summed E-state index contributed by atoms with van der Waals surface area (Å²) in [7, 11) is 6.55. The molecule has 1 N–H and O–H groups in total. The molecule has 6 rings (SSSR count). The Balaban J connectivity index is 1.26. The van der Waals surface area contributed by atoms with Gasteiger partial charge in [-0.1, -0.05) is 18.9 Å². The first-order valence-corrected chi connectivity index (χ1v) is 13.3. The van der Waals surface area contributed by atoms with Crippen LogP contribution in [0.2, 0.25) is 0 Å². The number of likely N-dealkylation sites (tertiary alicyclic amines) is 2. The minimum absolute atomic E-state index is 0.612. The smallest absolute Gasteiger partial charge is 0.142 e. The Morgan fingerprint density at radius 3 is 2.06 bits per heavy atom. The number of nitrogens with one attached hydrogen (secondary N) is 1. The van der Waals surface area contributed by atoms with Gasteiger partial charge < -0.3 is 19.7 Å². The van der Waals surface area contributed by atoms with Crippen molar-refractivity contribution >= 4 is 46.3 Å². The lowest BCUT2D eigenvalue weighted by Crippen LogP contribution is -2.29. The molecule has 0 aliphatic carbocycles. The molecule has 0 unspecified atom stereocenters. The Morgan fingerprint density at radius 2 is 1.40 bits per heavy atom. The number of nitrogens with zero attached hydrogens (tertiary/aromatic N) is 5. The van der Waals surface area contributed by atoms with Crippen molar-refractivity contribution in [2.24, 2.45) is 7.05 Å². The molecule has 0 bridgehead atoms. The van der Waals surface area contributed by atoms with Crippen LogP contribution in [-0.4, -0.2) is 63.6 Å². The molecule has 3 aromatic heterocycles. The number of pyridine rings is 1. The zero-order valence-corrected chi connectivity index (χ0v) is 21.9. The van der Waals surface area contributed by atoms with E-state index in [0.717, 1.165) is 35.8 Å². The van der Waals surface area contributed by atoms with Gasteiger partial charge in [-0.3, -0.25) is 3.97 Å². The number of aromatic nitrogens is 3. The Labute approximate surface area is 213 Å². The van der Waals surface area contributed by atoms with E-state index in [2.05, 4.69) is 83.6 Å². The van der Waals surface area contributed by atoms with Crippen LogP contribution >= 0.6 is 12.8 Å². The third-order valence-corrected chi connectivity index (χ3v) is 8.59. The first kappa shape index (κ1) is 23.0. The molecule has 0 atom stereocenters. The van der Waals surface area contributed by atoms with Gasteiger partial charge in [-0.2, -0.15) is 0 Å². The van der Waals surface area contributed by atoms with Gasteiger partial charge in [-0.25, -0.2) is 4.98 Å². The Bertz CT molecular complexity index is 1250. The second kappa shape index (κ2) is 9.19.